The molecule has 0 aliphatic rings. The number of rotatable bonds is 4. The standard InChI is InChI=1S/C17H17Cl2N3O2/c1-10(12-5-3-6-13(9-12)21-11(2)23)20-17(24)22-15-8-4-7-14(18)16(15)19/h3-10H,1-2H3,(H,21,23)(H2,20,22,24)/t10-/m0/s1. The maximum Gasteiger partial charge on any atom is 0.319 e. The molecule has 0 saturated heterocycles. The van der Waals surface area contributed by atoms with Gasteiger partial charge in [0.25, 0.3) is 0 Å². The second-order valence-corrected chi connectivity index (χ2v) is 6.01. The van der Waals surface area contributed by atoms with Crippen LogP contribution in [0.3, 0.4) is 0 Å². The Morgan fingerprint density at radius 2 is 1.75 bits per heavy atom. The first-order chi connectivity index (χ1) is 11.4. The zero-order valence-electron chi connectivity index (χ0n) is 13.2. The number of hydrogen-bond donors (Lipinski definition) is 3. The van der Waals surface area contributed by atoms with Crippen molar-refractivity contribution >= 4 is 46.5 Å². The second-order valence-electron chi connectivity index (χ2n) is 5.23. The Bertz CT molecular complexity index is 765. The molecule has 2 aromatic rings. The highest BCUT2D eigenvalue weighted by molar-refractivity contribution is 6.43. The summed E-state index contributed by atoms with van der Waals surface area (Å²) in [5.41, 5.74) is 1.96. The predicted molar refractivity (Wildman–Crippen MR) is 97.8 cm³/mol. The molecule has 2 aromatic carbocycles. The van der Waals surface area contributed by atoms with E-state index in [1.807, 2.05) is 19.1 Å². The molecule has 0 aliphatic carbocycles. The molecule has 0 aromatic heterocycles. The number of hydrogen-bond acceptors (Lipinski definition) is 2. The lowest BCUT2D eigenvalue weighted by Gasteiger charge is -2.16. The zero-order valence-corrected chi connectivity index (χ0v) is 14.7. The van der Waals surface area contributed by atoms with Gasteiger partial charge in [0.15, 0.2) is 0 Å². The van der Waals surface area contributed by atoms with Crippen molar-refractivity contribution in [2.24, 2.45) is 0 Å². The maximum atomic E-state index is 12.1. The first-order valence-corrected chi connectivity index (χ1v) is 8.01. The van der Waals surface area contributed by atoms with Crippen molar-refractivity contribution in [1.82, 2.24) is 5.32 Å². The number of nitrogens with one attached hydrogen (secondary N) is 3. The number of carbonyl (C=O) groups excluding carboxylic acids is 2. The SMILES string of the molecule is CC(=O)Nc1cccc([C@H](C)NC(=O)Nc2cccc(Cl)c2Cl)c1. The summed E-state index contributed by atoms with van der Waals surface area (Å²) in [6, 6.07) is 11.6. The molecule has 0 fully saturated rings. The molecule has 3 N–H and O–H groups in total. The van der Waals surface area contributed by atoms with E-state index < -0.39 is 6.03 Å². The molecule has 7 heteroatoms. The topological polar surface area (TPSA) is 70.2 Å². The molecule has 24 heavy (non-hydrogen) atoms. The summed E-state index contributed by atoms with van der Waals surface area (Å²) < 4.78 is 0. The Morgan fingerprint density at radius 3 is 2.46 bits per heavy atom. The van der Waals surface area contributed by atoms with Crippen LogP contribution in [0.5, 0.6) is 0 Å². The van der Waals surface area contributed by atoms with Crippen molar-refractivity contribution in [2.45, 2.75) is 19.9 Å². The Balaban J connectivity index is 2.03. The van der Waals surface area contributed by atoms with Crippen LogP contribution < -0.4 is 16.0 Å². The van der Waals surface area contributed by atoms with E-state index in [2.05, 4.69) is 16.0 Å². The summed E-state index contributed by atoms with van der Waals surface area (Å²) >= 11 is 12.0. The molecule has 0 saturated carbocycles. The molecule has 0 spiro atoms. The minimum absolute atomic E-state index is 0.152. The fraction of sp³-hybridized carbons (Fsp3) is 0.176. The van der Waals surface area contributed by atoms with E-state index in [-0.39, 0.29) is 17.0 Å². The zero-order chi connectivity index (χ0) is 17.7. The second kappa shape index (κ2) is 8.04. The van der Waals surface area contributed by atoms with Gasteiger partial charge in [0.2, 0.25) is 5.91 Å². The lowest BCUT2D eigenvalue weighted by molar-refractivity contribution is -0.114. The van der Waals surface area contributed by atoms with Crippen LogP contribution in [0.25, 0.3) is 0 Å². The van der Waals surface area contributed by atoms with Gasteiger partial charge in [-0.05, 0) is 36.8 Å². The largest absolute Gasteiger partial charge is 0.331 e. The predicted octanol–water partition coefficient (Wildman–Crippen LogP) is 4.83. The number of benzene rings is 2. The van der Waals surface area contributed by atoms with Crippen molar-refractivity contribution < 1.29 is 9.59 Å². The number of carbonyl (C=O) groups is 2. The third-order valence-corrected chi connectivity index (χ3v) is 4.07. The van der Waals surface area contributed by atoms with Gasteiger partial charge in [0.05, 0.1) is 21.8 Å². The van der Waals surface area contributed by atoms with E-state index in [0.717, 1.165) is 5.56 Å². The van der Waals surface area contributed by atoms with Gasteiger partial charge in [0, 0.05) is 12.6 Å². The van der Waals surface area contributed by atoms with Gasteiger partial charge in [-0.1, -0.05) is 41.4 Å². The molecule has 2 rings (SSSR count). The van der Waals surface area contributed by atoms with Crippen LogP contribution in [0.4, 0.5) is 16.2 Å². The van der Waals surface area contributed by atoms with E-state index in [1.54, 1.807) is 30.3 Å². The lowest BCUT2D eigenvalue weighted by Crippen LogP contribution is -2.31. The summed E-state index contributed by atoms with van der Waals surface area (Å²) in [6.07, 6.45) is 0. The van der Waals surface area contributed by atoms with E-state index in [1.165, 1.54) is 6.92 Å². The third-order valence-electron chi connectivity index (χ3n) is 3.25. The highest BCUT2D eigenvalue weighted by Crippen LogP contribution is 2.29. The van der Waals surface area contributed by atoms with Gasteiger partial charge in [-0.25, -0.2) is 4.79 Å². The summed E-state index contributed by atoms with van der Waals surface area (Å²) in [6.45, 7) is 3.28. The monoisotopic (exact) mass is 365 g/mol. The number of halogens is 2. The van der Waals surface area contributed by atoms with Crippen LogP contribution in [0.15, 0.2) is 42.5 Å². The smallest absolute Gasteiger partial charge is 0.319 e. The van der Waals surface area contributed by atoms with E-state index >= 15 is 0 Å². The fourth-order valence-electron chi connectivity index (χ4n) is 2.13. The van der Waals surface area contributed by atoms with Crippen LogP contribution in [0, 0.1) is 0 Å². The normalized spacial score (nSPS) is 11.5. The molecule has 0 aliphatic heterocycles. The quantitative estimate of drug-likeness (QED) is 0.725. The Labute approximate surface area is 150 Å². The lowest BCUT2D eigenvalue weighted by atomic mass is 10.1. The fourth-order valence-corrected chi connectivity index (χ4v) is 2.48. The Kier molecular flexibility index (Phi) is 6.06. The minimum Gasteiger partial charge on any atom is -0.331 e. The highest BCUT2D eigenvalue weighted by Gasteiger charge is 2.12. The van der Waals surface area contributed by atoms with Crippen molar-refractivity contribution in [3.05, 3.63) is 58.1 Å². The van der Waals surface area contributed by atoms with Gasteiger partial charge in [-0.3, -0.25) is 4.79 Å². The van der Waals surface area contributed by atoms with Gasteiger partial charge in [0.1, 0.15) is 0 Å². The first-order valence-electron chi connectivity index (χ1n) is 7.26. The Morgan fingerprint density at radius 1 is 1.04 bits per heavy atom. The van der Waals surface area contributed by atoms with Crippen LogP contribution in [0.1, 0.15) is 25.5 Å². The summed E-state index contributed by atoms with van der Waals surface area (Å²) in [5, 5.41) is 8.83. The average Bonchev–Trinajstić information content (AvgIpc) is 2.51. The molecule has 1 atom stereocenters. The molecule has 3 amide bonds. The minimum atomic E-state index is -0.406. The number of urea groups is 1. The number of anilines is 2. The molecular weight excluding hydrogens is 349 g/mol. The van der Waals surface area contributed by atoms with Crippen LogP contribution >= 0.6 is 23.2 Å². The van der Waals surface area contributed by atoms with Gasteiger partial charge in [-0.15, -0.1) is 0 Å². The van der Waals surface area contributed by atoms with E-state index in [4.69, 9.17) is 23.2 Å². The molecule has 0 heterocycles. The molecule has 0 unspecified atom stereocenters. The van der Waals surface area contributed by atoms with Crippen LogP contribution in [0.2, 0.25) is 10.0 Å². The molecule has 0 bridgehead atoms. The maximum absolute atomic E-state index is 12.1. The van der Waals surface area contributed by atoms with Gasteiger partial charge in [-0.2, -0.15) is 0 Å². The van der Waals surface area contributed by atoms with E-state index in [0.29, 0.717) is 16.4 Å². The van der Waals surface area contributed by atoms with Crippen molar-refractivity contribution in [1.29, 1.82) is 0 Å². The van der Waals surface area contributed by atoms with Crippen molar-refractivity contribution in [3.8, 4) is 0 Å². The molecule has 126 valence electrons. The Hall–Kier alpha value is -2.24. The molecular formula is C17H17Cl2N3O2. The first kappa shape index (κ1) is 18.1. The van der Waals surface area contributed by atoms with Crippen molar-refractivity contribution in [3.63, 3.8) is 0 Å². The summed E-state index contributed by atoms with van der Waals surface area (Å²) in [7, 11) is 0. The van der Waals surface area contributed by atoms with Crippen molar-refractivity contribution in [2.75, 3.05) is 10.6 Å². The van der Waals surface area contributed by atoms with E-state index in [9.17, 15) is 9.59 Å². The molecule has 0 radical (unpaired) electrons. The third kappa shape index (κ3) is 4.88. The molecule has 5 nitrogen and oxygen atoms in total. The van der Waals surface area contributed by atoms with Crippen LogP contribution in [-0.4, -0.2) is 11.9 Å². The summed E-state index contributed by atoms with van der Waals surface area (Å²) in [5.74, 6) is -0.152. The number of amides is 3. The van der Waals surface area contributed by atoms with Gasteiger partial charge < -0.3 is 16.0 Å². The highest BCUT2D eigenvalue weighted by atomic mass is 35.5. The average molecular weight is 366 g/mol. The summed E-state index contributed by atoms with van der Waals surface area (Å²) in [4.78, 5) is 23.2. The van der Waals surface area contributed by atoms with Crippen LogP contribution in [-0.2, 0) is 4.79 Å². The van der Waals surface area contributed by atoms with Gasteiger partial charge >= 0.3 is 6.03 Å².